The van der Waals surface area contributed by atoms with Gasteiger partial charge in [-0.3, -0.25) is 10.1 Å². The fraction of sp³-hybridized carbons (Fsp3) is 0.111. The van der Waals surface area contributed by atoms with Crippen LogP contribution in [0.3, 0.4) is 0 Å². The first-order valence-electron chi connectivity index (χ1n) is 4.14. The molecule has 7 nitrogen and oxygen atoms in total. The van der Waals surface area contributed by atoms with Gasteiger partial charge in [0.15, 0.2) is 0 Å². The van der Waals surface area contributed by atoms with Crippen LogP contribution in [0.2, 0.25) is 0 Å². The Morgan fingerprint density at radius 3 is 2.81 bits per heavy atom. The first-order valence-corrected chi connectivity index (χ1v) is 4.14. The number of nitro benzene ring substituents is 1. The lowest BCUT2D eigenvalue weighted by Gasteiger charge is -2.01. The van der Waals surface area contributed by atoms with E-state index < -0.39 is 16.6 Å². The molecule has 0 unspecified atom stereocenters. The highest BCUT2D eigenvalue weighted by Gasteiger charge is 2.20. The van der Waals surface area contributed by atoms with Crippen molar-refractivity contribution in [1.29, 1.82) is 0 Å². The van der Waals surface area contributed by atoms with Gasteiger partial charge in [0.1, 0.15) is 5.56 Å². The fourth-order valence-electron chi connectivity index (χ4n) is 1.13. The second-order valence-corrected chi connectivity index (χ2v) is 2.77. The van der Waals surface area contributed by atoms with E-state index in [0.717, 1.165) is 19.4 Å². The molecule has 0 aliphatic heterocycles. The number of hydrogen-bond donors (Lipinski definition) is 1. The molecule has 1 N–H and O–H groups in total. The zero-order valence-electron chi connectivity index (χ0n) is 8.28. The van der Waals surface area contributed by atoms with E-state index in [1.165, 1.54) is 12.1 Å². The summed E-state index contributed by atoms with van der Waals surface area (Å²) in [6.45, 7) is 0. The van der Waals surface area contributed by atoms with Crippen LogP contribution in [0.5, 0.6) is 0 Å². The van der Waals surface area contributed by atoms with E-state index in [9.17, 15) is 14.9 Å². The number of rotatable bonds is 3. The van der Waals surface area contributed by atoms with Gasteiger partial charge >= 0.3 is 5.97 Å². The van der Waals surface area contributed by atoms with Crippen molar-refractivity contribution in [3.63, 3.8) is 0 Å². The molecule has 0 bridgehead atoms. The number of hydrogen-bond acceptors (Lipinski definition) is 6. The minimum atomic E-state index is -0.792. The average Bonchev–Trinajstić information content (AvgIpc) is 2.28. The lowest BCUT2D eigenvalue weighted by Crippen LogP contribution is -2.06. The first kappa shape index (κ1) is 11.6. The van der Waals surface area contributed by atoms with Crippen molar-refractivity contribution < 1.29 is 19.7 Å². The molecule has 1 aromatic carbocycles. The monoisotopic (exact) mass is 224 g/mol. The van der Waals surface area contributed by atoms with Crippen molar-refractivity contribution in [2.45, 2.75) is 0 Å². The van der Waals surface area contributed by atoms with Crippen LogP contribution in [-0.2, 0) is 4.74 Å². The molecule has 0 aliphatic carbocycles. The molecule has 0 spiro atoms. The van der Waals surface area contributed by atoms with Crippen molar-refractivity contribution in [2.24, 2.45) is 5.16 Å². The maximum atomic E-state index is 11.2. The Bertz CT molecular complexity index is 455. The Morgan fingerprint density at radius 1 is 1.62 bits per heavy atom. The molecule has 1 aromatic rings. The van der Waals surface area contributed by atoms with Gasteiger partial charge < -0.3 is 9.94 Å². The van der Waals surface area contributed by atoms with E-state index in [-0.39, 0.29) is 5.56 Å². The highest BCUT2D eigenvalue weighted by atomic mass is 16.6. The molecule has 0 aromatic heterocycles. The van der Waals surface area contributed by atoms with Gasteiger partial charge in [0.2, 0.25) is 0 Å². The maximum absolute atomic E-state index is 11.2. The summed E-state index contributed by atoms with van der Waals surface area (Å²) in [4.78, 5) is 21.2. The van der Waals surface area contributed by atoms with Crippen LogP contribution in [0.4, 0.5) is 5.69 Å². The highest BCUT2D eigenvalue weighted by molar-refractivity contribution is 5.95. The molecule has 0 atom stereocenters. The number of ether oxygens (including phenoxy) is 1. The second-order valence-electron chi connectivity index (χ2n) is 2.77. The third kappa shape index (κ3) is 2.32. The number of benzene rings is 1. The lowest BCUT2D eigenvalue weighted by molar-refractivity contribution is -0.385. The number of carbonyl (C=O) groups excluding carboxylic acids is 1. The topological polar surface area (TPSA) is 102 Å². The van der Waals surface area contributed by atoms with Crippen LogP contribution >= 0.6 is 0 Å². The van der Waals surface area contributed by atoms with Gasteiger partial charge in [-0.2, -0.15) is 0 Å². The van der Waals surface area contributed by atoms with Gasteiger partial charge in [0.25, 0.3) is 5.69 Å². The molecule has 16 heavy (non-hydrogen) atoms. The molecular weight excluding hydrogens is 216 g/mol. The fourth-order valence-corrected chi connectivity index (χ4v) is 1.13. The van der Waals surface area contributed by atoms with Crippen molar-refractivity contribution >= 4 is 17.9 Å². The van der Waals surface area contributed by atoms with Crippen LogP contribution in [0.1, 0.15) is 15.9 Å². The van der Waals surface area contributed by atoms with Crippen LogP contribution in [0.15, 0.2) is 23.4 Å². The molecule has 0 saturated heterocycles. The third-order valence-corrected chi connectivity index (χ3v) is 1.83. The van der Waals surface area contributed by atoms with Crippen LogP contribution in [0.25, 0.3) is 0 Å². The van der Waals surface area contributed by atoms with E-state index >= 15 is 0 Å². The number of methoxy groups -OCH3 is 1. The minimum Gasteiger partial charge on any atom is -0.465 e. The van der Waals surface area contributed by atoms with Gasteiger partial charge in [-0.05, 0) is 6.07 Å². The summed E-state index contributed by atoms with van der Waals surface area (Å²) >= 11 is 0. The quantitative estimate of drug-likeness (QED) is 0.273. The summed E-state index contributed by atoms with van der Waals surface area (Å²) in [7, 11) is 1.13. The van der Waals surface area contributed by atoms with E-state index in [1.807, 2.05) is 0 Å². The average molecular weight is 224 g/mol. The van der Waals surface area contributed by atoms with Crippen molar-refractivity contribution in [2.75, 3.05) is 7.11 Å². The molecule has 84 valence electrons. The number of oxime groups is 1. The number of carbonyl (C=O) groups is 1. The first-order chi connectivity index (χ1) is 7.60. The molecule has 0 radical (unpaired) electrons. The molecule has 0 heterocycles. The molecule has 1 rings (SSSR count). The zero-order valence-corrected chi connectivity index (χ0v) is 8.28. The highest BCUT2D eigenvalue weighted by Crippen LogP contribution is 2.20. The van der Waals surface area contributed by atoms with Gasteiger partial charge in [-0.25, -0.2) is 4.79 Å². The summed E-state index contributed by atoms with van der Waals surface area (Å²) in [5, 5.41) is 21.7. The summed E-state index contributed by atoms with van der Waals surface area (Å²) in [6, 6.07) is 3.76. The molecule has 0 fully saturated rings. The van der Waals surface area contributed by atoms with E-state index in [1.54, 1.807) is 0 Å². The summed E-state index contributed by atoms with van der Waals surface area (Å²) in [5.41, 5.74) is -0.242. The van der Waals surface area contributed by atoms with E-state index in [2.05, 4.69) is 9.89 Å². The van der Waals surface area contributed by atoms with Crippen LogP contribution in [-0.4, -0.2) is 29.4 Å². The largest absolute Gasteiger partial charge is 0.465 e. The van der Waals surface area contributed by atoms with Crippen molar-refractivity contribution in [1.82, 2.24) is 0 Å². The van der Waals surface area contributed by atoms with Gasteiger partial charge in [-0.15, -0.1) is 0 Å². The second kappa shape index (κ2) is 4.87. The predicted octanol–water partition coefficient (Wildman–Crippen LogP) is 1.19. The van der Waals surface area contributed by atoms with Gasteiger partial charge in [0.05, 0.1) is 18.2 Å². The number of nitro groups is 1. The Kier molecular flexibility index (Phi) is 3.54. The smallest absolute Gasteiger partial charge is 0.344 e. The summed E-state index contributed by atoms with van der Waals surface area (Å²) in [6.07, 6.45) is 1.02. The zero-order chi connectivity index (χ0) is 12.1. The SMILES string of the molecule is COC(=O)c1ccc(C=NO)cc1[N+](=O)[O-]. The number of nitrogens with zero attached hydrogens (tertiary/aromatic N) is 2. The normalized spacial score (nSPS) is 10.3. The predicted molar refractivity (Wildman–Crippen MR) is 53.8 cm³/mol. The summed E-state index contributed by atoms with van der Waals surface area (Å²) < 4.78 is 4.40. The van der Waals surface area contributed by atoms with Gasteiger partial charge in [-0.1, -0.05) is 11.2 Å². The van der Waals surface area contributed by atoms with Crippen molar-refractivity contribution in [3.05, 3.63) is 39.4 Å². The Balaban J connectivity index is 3.30. The standard InChI is InChI=1S/C9H8N2O5/c1-16-9(12)7-3-2-6(5-10-13)4-8(7)11(14)15/h2-5,13H,1H3. The van der Waals surface area contributed by atoms with Crippen LogP contribution < -0.4 is 0 Å². The van der Waals surface area contributed by atoms with Gasteiger partial charge in [0, 0.05) is 11.6 Å². The van der Waals surface area contributed by atoms with Crippen molar-refractivity contribution in [3.8, 4) is 0 Å². The van der Waals surface area contributed by atoms with E-state index in [4.69, 9.17) is 5.21 Å². The minimum absolute atomic E-state index is 0.150. The van der Waals surface area contributed by atoms with E-state index in [0.29, 0.717) is 5.56 Å². The Hall–Kier alpha value is -2.44. The lowest BCUT2D eigenvalue weighted by atomic mass is 10.1. The number of esters is 1. The Morgan fingerprint density at radius 2 is 2.31 bits per heavy atom. The van der Waals surface area contributed by atoms with Crippen LogP contribution in [0, 0.1) is 10.1 Å². The summed E-state index contributed by atoms with van der Waals surface area (Å²) in [5.74, 6) is -0.792. The molecule has 0 aliphatic rings. The molecule has 0 saturated carbocycles. The molecule has 0 amide bonds. The third-order valence-electron chi connectivity index (χ3n) is 1.83. The molecular formula is C9H8N2O5. The Labute approximate surface area is 90.1 Å². The molecule has 7 heteroatoms. The maximum Gasteiger partial charge on any atom is 0.344 e.